The molecule has 1 aromatic carbocycles. The molecule has 2 aromatic heterocycles. The molecule has 1 amide bonds. The first-order valence-corrected chi connectivity index (χ1v) is 10.2. The van der Waals surface area contributed by atoms with Crippen LogP contribution in [0.4, 0.5) is 4.39 Å². The number of aromatic nitrogens is 1. The van der Waals surface area contributed by atoms with Crippen molar-refractivity contribution >= 4 is 17.7 Å². The summed E-state index contributed by atoms with van der Waals surface area (Å²) >= 11 is 0. The molecule has 0 radical (unpaired) electrons. The minimum absolute atomic E-state index is 0.0845. The van der Waals surface area contributed by atoms with E-state index in [1.54, 1.807) is 50.6 Å². The lowest BCUT2D eigenvalue weighted by Gasteiger charge is -2.21. The number of nitrogens with zero attached hydrogens (tertiary/aromatic N) is 2. The summed E-state index contributed by atoms with van der Waals surface area (Å²) in [7, 11) is 1.69. The smallest absolute Gasteiger partial charge is 0.355 e. The van der Waals surface area contributed by atoms with Gasteiger partial charge in [-0.05, 0) is 56.2 Å². The molecule has 0 spiro atoms. The molecule has 0 atom stereocenters. The zero-order valence-electron chi connectivity index (χ0n) is 18.5. The van der Waals surface area contributed by atoms with Gasteiger partial charge in [0, 0.05) is 24.8 Å². The Morgan fingerprint density at radius 2 is 1.81 bits per heavy atom. The van der Waals surface area contributed by atoms with Crippen LogP contribution in [0.5, 0.6) is 0 Å². The van der Waals surface area contributed by atoms with E-state index in [9.17, 15) is 18.8 Å². The SMILES string of the molecule is CCOC(=O)c1c(C)c(C(=O)CN(Cc2ccc(F)cc2)C(=O)c2ccco2)c(C)n1C. The fourth-order valence-corrected chi connectivity index (χ4v) is 3.70. The average molecular weight is 440 g/mol. The molecule has 0 aliphatic carbocycles. The molecule has 0 unspecified atom stereocenters. The minimum atomic E-state index is -0.510. The van der Waals surface area contributed by atoms with Crippen molar-refractivity contribution in [2.75, 3.05) is 13.2 Å². The molecule has 0 bridgehead atoms. The molecular formula is C24H25FN2O5. The summed E-state index contributed by atoms with van der Waals surface area (Å²) in [6.45, 7) is 5.19. The molecular weight excluding hydrogens is 415 g/mol. The number of carbonyl (C=O) groups excluding carboxylic acids is 3. The maximum absolute atomic E-state index is 13.3. The quantitative estimate of drug-likeness (QED) is 0.390. The maximum Gasteiger partial charge on any atom is 0.355 e. The fraction of sp³-hybridized carbons (Fsp3) is 0.292. The van der Waals surface area contributed by atoms with Crippen molar-refractivity contribution in [2.45, 2.75) is 27.3 Å². The van der Waals surface area contributed by atoms with E-state index in [4.69, 9.17) is 9.15 Å². The van der Waals surface area contributed by atoms with Gasteiger partial charge in [-0.1, -0.05) is 12.1 Å². The van der Waals surface area contributed by atoms with Crippen molar-refractivity contribution in [1.82, 2.24) is 9.47 Å². The summed E-state index contributed by atoms with van der Waals surface area (Å²) < 4.78 is 25.3. The molecule has 3 rings (SSSR count). The fourth-order valence-electron chi connectivity index (χ4n) is 3.70. The second kappa shape index (κ2) is 9.64. The Kier molecular flexibility index (Phi) is 6.92. The molecule has 3 aromatic rings. The number of carbonyl (C=O) groups is 3. The van der Waals surface area contributed by atoms with E-state index in [2.05, 4.69) is 0 Å². The van der Waals surface area contributed by atoms with Crippen LogP contribution in [-0.4, -0.2) is 40.3 Å². The molecule has 0 N–H and O–H groups in total. The van der Waals surface area contributed by atoms with Gasteiger partial charge in [0.05, 0.1) is 19.4 Å². The third-order valence-electron chi connectivity index (χ3n) is 5.32. The minimum Gasteiger partial charge on any atom is -0.461 e. The predicted molar refractivity (Wildman–Crippen MR) is 115 cm³/mol. The molecule has 32 heavy (non-hydrogen) atoms. The van der Waals surface area contributed by atoms with Crippen LogP contribution < -0.4 is 0 Å². The highest BCUT2D eigenvalue weighted by atomic mass is 19.1. The van der Waals surface area contributed by atoms with E-state index < -0.39 is 17.7 Å². The Bertz CT molecular complexity index is 1130. The highest BCUT2D eigenvalue weighted by Crippen LogP contribution is 2.23. The number of ketones is 1. The number of furan rings is 1. The Hall–Kier alpha value is -3.68. The lowest BCUT2D eigenvalue weighted by atomic mass is 10.0. The van der Waals surface area contributed by atoms with E-state index in [1.807, 2.05) is 0 Å². The van der Waals surface area contributed by atoms with Gasteiger partial charge in [-0.15, -0.1) is 0 Å². The molecule has 0 saturated carbocycles. The second-order valence-corrected chi connectivity index (χ2v) is 7.40. The van der Waals surface area contributed by atoms with Crippen LogP contribution in [0.25, 0.3) is 0 Å². The number of Topliss-reactive ketones (excluding diaryl/α,β-unsaturated/α-hetero) is 1. The van der Waals surface area contributed by atoms with Gasteiger partial charge >= 0.3 is 5.97 Å². The van der Waals surface area contributed by atoms with Crippen molar-refractivity contribution in [3.05, 3.63) is 82.3 Å². The van der Waals surface area contributed by atoms with Crippen LogP contribution in [0.15, 0.2) is 47.1 Å². The lowest BCUT2D eigenvalue weighted by Crippen LogP contribution is -2.35. The maximum atomic E-state index is 13.3. The largest absolute Gasteiger partial charge is 0.461 e. The molecule has 0 aliphatic heterocycles. The number of hydrogen-bond donors (Lipinski definition) is 0. The van der Waals surface area contributed by atoms with Crippen LogP contribution in [-0.2, 0) is 18.3 Å². The Labute approximate surface area is 185 Å². The molecule has 2 heterocycles. The van der Waals surface area contributed by atoms with Crippen molar-refractivity contribution in [3.8, 4) is 0 Å². The highest BCUT2D eigenvalue weighted by molar-refractivity contribution is 6.05. The third-order valence-corrected chi connectivity index (χ3v) is 5.32. The van der Waals surface area contributed by atoms with Gasteiger partial charge in [-0.25, -0.2) is 9.18 Å². The second-order valence-electron chi connectivity index (χ2n) is 7.40. The number of benzene rings is 1. The monoisotopic (exact) mass is 440 g/mol. The third kappa shape index (κ3) is 4.64. The number of ether oxygens (including phenoxy) is 1. The predicted octanol–water partition coefficient (Wildman–Crippen LogP) is 4.08. The molecule has 0 aliphatic rings. The Morgan fingerprint density at radius 1 is 1.12 bits per heavy atom. The van der Waals surface area contributed by atoms with Gasteiger partial charge in [-0.3, -0.25) is 9.59 Å². The molecule has 0 saturated heterocycles. The van der Waals surface area contributed by atoms with Crippen molar-refractivity contribution in [3.63, 3.8) is 0 Å². The summed E-state index contributed by atoms with van der Waals surface area (Å²) in [6, 6.07) is 8.80. The first-order chi connectivity index (χ1) is 15.2. The van der Waals surface area contributed by atoms with E-state index >= 15 is 0 Å². The summed E-state index contributed by atoms with van der Waals surface area (Å²) in [6.07, 6.45) is 1.38. The van der Waals surface area contributed by atoms with Crippen LogP contribution in [0.3, 0.4) is 0 Å². The van der Waals surface area contributed by atoms with Gasteiger partial charge in [0.1, 0.15) is 11.5 Å². The Balaban J connectivity index is 1.93. The van der Waals surface area contributed by atoms with E-state index in [1.165, 1.54) is 29.4 Å². The molecule has 7 nitrogen and oxygen atoms in total. The number of halogens is 1. The van der Waals surface area contributed by atoms with Crippen LogP contribution in [0.2, 0.25) is 0 Å². The average Bonchev–Trinajstić information content (AvgIpc) is 3.36. The lowest BCUT2D eigenvalue weighted by molar-refractivity contribution is 0.0514. The van der Waals surface area contributed by atoms with Gasteiger partial charge in [0.25, 0.3) is 5.91 Å². The van der Waals surface area contributed by atoms with Crippen LogP contribution in [0, 0.1) is 19.7 Å². The normalized spacial score (nSPS) is 10.8. The molecule has 168 valence electrons. The van der Waals surface area contributed by atoms with E-state index in [-0.39, 0.29) is 31.2 Å². The van der Waals surface area contributed by atoms with Gasteiger partial charge in [0.15, 0.2) is 11.5 Å². The topological polar surface area (TPSA) is 81.8 Å². The number of rotatable bonds is 8. The van der Waals surface area contributed by atoms with Crippen LogP contribution in [0.1, 0.15) is 55.1 Å². The van der Waals surface area contributed by atoms with Crippen LogP contribution >= 0.6 is 0 Å². The van der Waals surface area contributed by atoms with E-state index in [0.29, 0.717) is 28.1 Å². The summed E-state index contributed by atoms with van der Waals surface area (Å²) in [4.78, 5) is 40.0. The van der Waals surface area contributed by atoms with Gasteiger partial charge in [-0.2, -0.15) is 0 Å². The van der Waals surface area contributed by atoms with Crippen molar-refractivity contribution in [2.24, 2.45) is 7.05 Å². The molecule has 8 heteroatoms. The van der Waals surface area contributed by atoms with Crippen molar-refractivity contribution < 1.29 is 27.9 Å². The first-order valence-electron chi connectivity index (χ1n) is 10.2. The summed E-state index contributed by atoms with van der Waals surface area (Å²) in [5, 5.41) is 0. The highest BCUT2D eigenvalue weighted by Gasteiger charge is 2.28. The zero-order valence-corrected chi connectivity index (χ0v) is 18.5. The summed E-state index contributed by atoms with van der Waals surface area (Å²) in [5.41, 5.74) is 2.43. The number of esters is 1. The Morgan fingerprint density at radius 3 is 2.41 bits per heavy atom. The van der Waals surface area contributed by atoms with E-state index in [0.717, 1.165) is 0 Å². The number of hydrogen-bond acceptors (Lipinski definition) is 5. The van der Waals surface area contributed by atoms with Crippen molar-refractivity contribution in [1.29, 1.82) is 0 Å². The van der Waals surface area contributed by atoms with Gasteiger partial charge < -0.3 is 18.6 Å². The zero-order chi connectivity index (χ0) is 23.4. The standard InChI is InChI=1S/C24H25FN2O5/c1-5-31-24(30)22-15(2)21(16(3)26(22)4)19(28)14-27(23(29)20-7-6-12-32-20)13-17-8-10-18(25)11-9-17/h6-12H,5,13-14H2,1-4H3. The first kappa shape index (κ1) is 23.0. The number of amides is 1. The molecule has 0 fully saturated rings. The summed E-state index contributed by atoms with van der Waals surface area (Å²) in [5.74, 6) is -1.61. The van der Waals surface area contributed by atoms with Gasteiger partial charge in [0.2, 0.25) is 0 Å².